The molecular formula is C6H8BrNOS. The molecule has 1 heterocycles. The lowest BCUT2D eigenvalue weighted by Gasteiger charge is -1.95. The summed E-state index contributed by atoms with van der Waals surface area (Å²) in [5, 5.41) is -0.144. The third-order valence-corrected chi connectivity index (χ3v) is 2.00. The molecular weight excluding hydrogens is 214 g/mol. The van der Waals surface area contributed by atoms with Crippen LogP contribution in [0, 0.1) is 0 Å². The summed E-state index contributed by atoms with van der Waals surface area (Å²) in [5.74, 6) is 0. The van der Waals surface area contributed by atoms with Gasteiger partial charge in [0.1, 0.15) is 0 Å². The maximum Gasteiger partial charge on any atom is 0.274 e. The van der Waals surface area contributed by atoms with Gasteiger partial charge in [0, 0.05) is 6.85 Å². The Balaban J connectivity index is 2.95. The van der Waals surface area contributed by atoms with Crippen molar-refractivity contribution in [1.29, 1.82) is 0 Å². The summed E-state index contributed by atoms with van der Waals surface area (Å²) < 4.78 is 55.6. The van der Waals surface area contributed by atoms with Crippen molar-refractivity contribution in [3.8, 4) is 5.19 Å². The van der Waals surface area contributed by atoms with E-state index in [0.717, 1.165) is 11.3 Å². The zero-order chi connectivity index (χ0) is 13.5. The SMILES string of the molecule is [2H]C([2H])([2H])C([2H])([2H])C([2H])([2H])Oc1ncc(Br)s1. The molecule has 0 N–H and O–H groups in total. The highest BCUT2D eigenvalue weighted by atomic mass is 79.9. The maximum absolute atomic E-state index is 7.39. The molecule has 0 bridgehead atoms. The Morgan fingerprint density at radius 1 is 2.10 bits per heavy atom. The molecule has 0 amide bonds. The molecule has 0 aliphatic heterocycles. The molecule has 0 spiro atoms. The highest BCUT2D eigenvalue weighted by molar-refractivity contribution is 9.11. The van der Waals surface area contributed by atoms with Crippen LogP contribution in [-0.4, -0.2) is 11.5 Å². The molecule has 0 radical (unpaired) electrons. The molecule has 0 saturated carbocycles. The number of halogens is 1. The van der Waals surface area contributed by atoms with Crippen molar-refractivity contribution >= 4 is 27.3 Å². The molecule has 0 atom stereocenters. The molecule has 0 aliphatic rings. The Bertz CT molecular complexity index is 403. The first kappa shape index (κ1) is 2.75. The van der Waals surface area contributed by atoms with Gasteiger partial charge >= 0.3 is 0 Å². The van der Waals surface area contributed by atoms with Crippen LogP contribution in [0.25, 0.3) is 0 Å². The van der Waals surface area contributed by atoms with Gasteiger partial charge in [0.15, 0.2) is 0 Å². The van der Waals surface area contributed by atoms with E-state index in [1.807, 2.05) is 0 Å². The zero-order valence-electron chi connectivity index (χ0n) is 11.7. The minimum atomic E-state index is -3.14. The topological polar surface area (TPSA) is 22.1 Å². The van der Waals surface area contributed by atoms with Crippen molar-refractivity contribution in [2.45, 2.75) is 13.2 Å². The normalized spacial score (nSPS) is 24.3. The third kappa shape index (κ3) is 2.27. The number of aromatic nitrogens is 1. The Morgan fingerprint density at radius 2 is 3.00 bits per heavy atom. The Labute approximate surface area is 82.2 Å². The van der Waals surface area contributed by atoms with E-state index in [1.54, 1.807) is 0 Å². The second kappa shape index (κ2) is 3.93. The lowest BCUT2D eigenvalue weighted by atomic mass is 10.5. The van der Waals surface area contributed by atoms with E-state index in [4.69, 9.17) is 9.60 Å². The van der Waals surface area contributed by atoms with E-state index in [0.29, 0.717) is 3.79 Å². The van der Waals surface area contributed by atoms with E-state index in [9.17, 15) is 0 Å². The van der Waals surface area contributed by atoms with Crippen LogP contribution in [0.2, 0.25) is 0 Å². The average Bonchev–Trinajstić information content (AvgIpc) is 2.47. The van der Waals surface area contributed by atoms with Gasteiger partial charge in [0.25, 0.3) is 5.19 Å². The van der Waals surface area contributed by atoms with Gasteiger partial charge < -0.3 is 4.74 Å². The predicted octanol–water partition coefficient (Wildman–Crippen LogP) is 2.69. The molecule has 56 valence electrons. The molecule has 0 aromatic carbocycles. The first-order valence-corrected chi connectivity index (χ1v) is 3.89. The molecule has 0 fully saturated rings. The first-order valence-electron chi connectivity index (χ1n) is 5.78. The van der Waals surface area contributed by atoms with Gasteiger partial charge in [0.2, 0.25) is 0 Å². The Hall–Kier alpha value is -0.0900. The molecule has 2 nitrogen and oxygen atoms in total. The van der Waals surface area contributed by atoms with Crippen molar-refractivity contribution in [2.75, 3.05) is 6.56 Å². The van der Waals surface area contributed by atoms with Crippen LogP contribution in [0.1, 0.15) is 22.8 Å². The Kier molecular flexibility index (Phi) is 1.08. The number of thiazole rings is 1. The van der Waals surface area contributed by atoms with E-state index in [1.165, 1.54) is 6.20 Å². The van der Waals surface area contributed by atoms with Gasteiger partial charge in [-0.2, -0.15) is 0 Å². The quantitative estimate of drug-likeness (QED) is 0.794. The van der Waals surface area contributed by atoms with Gasteiger partial charge in [-0.3, -0.25) is 0 Å². The standard InChI is InChI=1S/C6H8BrNOS/c1-2-3-9-6-8-4-5(7)10-6/h4H,2-3H2,1H3/i1D3,2D2,3D2. The van der Waals surface area contributed by atoms with E-state index >= 15 is 0 Å². The van der Waals surface area contributed by atoms with Crippen LogP contribution in [-0.2, 0) is 0 Å². The Morgan fingerprint density at radius 3 is 3.60 bits per heavy atom. The van der Waals surface area contributed by atoms with Gasteiger partial charge in [-0.1, -0.05) is 18.2 Å². The summed E-state index contributed by atoms with van der Waals surface area (Å²) >= 11 is 4.01. The van der Waals surface area contributed by atoms with Crippen molar-refractivity contribution < 1.29 is 14.3 Å². The molecule has 0 saturated heterocycles. The van der Waals surface area contributed by atoms with E-state index in [2.05, 4.69) is 25.7 Å². The number of nitrogens with zero attached hydrogens (tertiary/aromatic N) is 1. The monoisotopic (exact) mass is 228 g/mol. The fraction of sp³-hybridized carbons (Fsp3) is 0.500. The van der Waals surface area contributed by atoms with Crippen LogP contribution in [0.5, 0.6) is 5.19 Å². The minimum absolute atomic E-state index is 0.144. The summed E-state index contributed by atoms with van der Waals surface area (Å²) in [5.41, 5.74) is 0. The van der Waals surface area contributed by atoms with Crippen molar-refractivity contribution in [3.05, 3.63) is 9.98 Å². The summed E-state index contributed by atoms with van der Waals surface area (Å²) in [4.78, 5) is 3.66. The molecule has 0 unspecified atom stereocenters. The lowest BCUT2D eigenvalue weighted by molar-refractivity contribution is 0.316. The highest BCUT2D eigenvalue weighted by Crippen LogP contribution is 2.24. The van der Waals surface area contributed by atoms with Gasteiger partial charge in [-0.05, 0) is 22.3 Å². The summed E-state index contributed by atoms with van der Waals surface area (Å²) in [6, 6.07) is 0. The smallest absolute Gasteiger partial charge is 0.274 e. The maximum atomic E-state index is 7.39. The molecule has 10 heavy (non-hydrogen) atoms. The molecule has 4 heteroatoms. The highest BCUT2D eigenvalue weighted by Gasteiger charge is 1.97. The number of rotatable bonds is 3. The largest absolute Gasteiger partial charge is 0.470 e. The van der Waals surface area contributed by atoms with E-state index < -0.39 is 19.8 Å². The first-order chi connectivity index (χ1) is 7.47. The summed E-state index contributed by atoms with van der Waals surface area (Å²) in [6.45, 7) is -6.14. The average molecular weight is 229 g/mol. The van der Waals surface area contributed by atoms with E-state index in [-0.39, 0.29) is 5.19 Å². The van der Waals surface area contributed by atoms with Crippen LogP contribution >= 0.6 is 27.3 Å². The van der Waals surface area contributed by atoms with Crippen LogP contribution in [0.15, 0.2) is 9.98 Å². The lowest BCUT2D eigenvalue weighted by Crippen LogP contribution is -1.93. The van der Waals surface area contributed by atoms with Gasteiger partial charge in [0.05, 0.1) is 19.3 Å². The van der Waals surface area contributed by atoms with Crippen LogP contribution < -0.4 is 4.74 Å². The fourth-order valence-corrected chi connectivity index (χ4v) is 1.33. The third-order valence-electron chi connectivity index (χ3n) is 0.646. The fourth-order valence-electron chi connectivity index (χ4n) is 0.356. The number of ether oxygens (including phenoxy) is 1. The van der Waals surface area contributed by atoms with Gasteiger partial charge in [-0.25, -0.2) is 4.98 Å². The zero-order valence-corrected chi connectivity index (χ0v) is 7.12. The molecule has 1 rings (SSSR count). The minimum Gasteiger partial charge on any atom is -0.470 e. The summed E-state index contributed by atoms with van der Waals surface area (Å²) in [7, 11) is 0. The van der Waals surface area contributed by atoms with Crippen molar-refractivity contribution in [1.82, 2.24) is 4.98 Å². The second-order valence-electron chi connectivity index (χ2n) is 1.26. The van der Waals surface area contributed by atoms with Gasteiger partial charge in [-0.15, -0.1) is 0 Å². The molecule has 1 aromatic heterocycles. The second-order valence-corrected chi connectivity index (χ2v) is 3.63. The van der Waals surface area contributed by atoms with Crippen molar-refractivity contribution in [2.24, 2.45) is 0 Å². The number of hydrogen-bond donors (Lipinski definition) is 0. The molecule has 1 aromatic rings. The predicted molar refractivity (Wildman–Crippen MR) is 45.6 cm³/mol. The van der Waals surface area contributed by atoms with Crippen LogP contribution in [0.3, 0.4) is 0 Å². The van der Waals surface area contributed by atoms with Crippen molar-refractivity contribution in [3.63, 3.8) is 0 Å². The summed E-state index contributed by atoms with van der Waals surface area (Å²) in [6.07, 6.45) is -1.79. The number of hydrogen-bond acceptors (Lipinski definition) is 3. The van der Waals surface area contributed by atoms with Crippen LogP contribution in [0.4, 0.5) is 0 Å². The molecule has 0 aliphatic carbocycles.